The van der Waals surface area contributed by atoms with Crippen LogP contribution < -0.4 is 5.32 Å². The molecule has 2 rings (SSSR count). The Morgan fingerprint density at radius 2 is 2.14 bits per heavy atom. The number of thioether (sulfide) groups is 1. The minimum absolute atomic E-state index is 0.0434. The van der Waals surface area contributed by atoms with Gasteiger partial charge in [0.25, 0.3) is 0 Å². The van der Waals surface area contributed by atoms with Crippen molar-refractivity contribution < 1.29 is 13.6 Å². The average molecular weight is 215 g/mol. The van der Waals surface area contributed by atoms with Gasteiger partial charge in [-0.05, 0) is 19.1 Å². The van der Waals surface area contributed by atoms with Crippen LogP contribution in [0.5, 0.6) is 0 Å². The molecule has 1 atom stereocenters. The number of hydrogen-bond acceptors (Lipinski definition) is 2. The minimum Gasteiger partial charge on any atom is -0.322 e. The lowest BCUT2D eigenvalue weighted by Gasteiger charge is -2.21. The Bertz CT molecular complexity index is 408. The SMILES string of the molecule is CC1Sc2ccc(F)c(F)c2NC1=O. The van der Waals surface area contributed by atoms with Gasteiger partial charge in [-0.25, -0.2) is 8.78 Å². The van der Waals surface area contributed by atoms with Crippen LogP contribution in [0.25, 0.3) is 0 Å². The van der Waals surface area contributed by atoms with Crippen molar-refractivity contribution in [1.29, 1.82) is 0 Å². The molecule has 0 bridgehead atoms. The summed E-state index contributed by atoms with van der Waals surface area (Å²) in [4.78, 5) is 11.8. The molecule has 1 heterocycles. The molecule has 1 aromatic carbocycles. The van der Waals surface area contributed by atoms with Gasteiger partial charge in [0, 0.05) is 4.90 Å². The number of anilines is 1. The van der Waals surface area contributed by atoms with E-state index in [4.69, 9.17) is 0 Å². The van der Waals surface area contributed by atoms with Crippen molar-refractivity contribution in [2.45, 2.75) is 17.1 Å². The number of nitrogens with one attached hydrogen (secondary N) is 1. The fourth-order valence-electron chi connectivity index (χ4n) is 1.22. The molecule has 0 aromatic heterocycles. The van der Waals surface area contributed by atoms with Crippen molar-refractivity contribution in [2.75, 3.05) is 5.32 Å². The first-order valence-electron chi connectivity index (χ1n) is 4.05. The van der Waals surface area contributed by atoms with Crippen LogP contribution in [0.2, 0.25) is 0 Å². The van der Waals surface area contributed by atoms with Crippen LogP contribution in [0.1, 0.15) is 6.92 Å². The topological polar surface area (TPSA) is 29.1 Å². The van der Waals surface area contributed by atoms with Crippen molar-refractivity contribution in [3.8, 4) is 0 Å². The maximum absolute atomic E-state index is 13.2. The largest absolute Gasteiger partial charge is 0.322 e. The first-order valence-corrected chi connectivity index (χ1v) is 4.93. The van der Waals surface area contributed by atoms with Gasteiger partial charge in [0.1, 0.15) is 0 Å². The molecule has 0 saturated carbocycles. The third-order valence-electron chi connectivity index (χ3n) is 1.98. The molecule has 1 aromatic rings. The van der Waals surface area contributed by atoms with Gasteiger partial charge >= 0.3 is 0 Å². The van der Waals surface area contributed by atoms with Gasteiger partial charge in [-0.15, -0.1) is 11.8 Å². The van der Waals surface area contributed by atoms with Crippen molar-refractivity contribution in [2.24, 2.45) is 0 Å². The van der Waals surface area contributed by atoms with Gasteiger partial charge < -0.3 is 5.32 Å². The average Bonchev–Trinajstić information content (AvgIpc) is 2.15. The van der Waals surface area contributed by atoms with Gasteiger partial charge in [-0.1, -0.05) is 0 Å². The number of benzene rings is 1. The highest BCUT2D eigenvalue weighted by atomic mass is 32.2. The van der Waals surface area contributed by atoms with Crippen molar-refractivity contribution in [1.82, 2.24) is 0 Å². The lowest BCUT2D eigenvalue weighted by molar-refractivity contribution is -0.115. The molecule has 0 fully saturated rings. The van der Waals surface area contributed by atoms with Crippen molar-refractivity contribution in [3.63, 3.8) is 0 Å². The van der Waals surface area contributed by atoms with E-state index in [0.29, 0.717) is 4.90 Å². The molecule has 1 amide bonds. The van der Waals surface area contributed by atoms with E-state index in [2.05, 4.69) is 5.32 Å². The van der Waals surface area contributed by atoms with E-state index < -0.39 is 11.6 Å². The number of carbonyl (C=O) groups excluding carboxylic acids is 1. The van der Waals surface area contributed by atoms with Crippen LogP contribution in [0, 0.1) is 11.6 Å². The Labute approximate surface area is 83.7 Å². The Hall–Kier alpha value is -1.10. The Balaban J connectivity index is 2.52. The van der Waals surface area contributed by atoms with Gasteiger partial charge in [0.15, 0.2) is 11.6 Å². The molecule has 0 aliphatic carbocycles. The van der Waals surface area contributed by atoms with E-state index in [-0.39, 0.29) is 16.8 Å². The summed E-state index contributed by atoms with van der Waals surface area (Å²) in [6, 6.07) is 2.53. The molecule has 5 heteroatoms. The lowest BCUT2D eigenvalue weighted by Crippen LogP contribution is -2.27. The predicted molar refractivity (Wildman–Crippen MR) is 50.3 cm³/mol. The maximum Gasteiger partial charge on any atom is 0.237 e. The van der Waals surface area contributed by atoms with Crippen LogP contribution in [0.15, 0.2) is 17.0 Å². The van der Waals surface area contributed by atoms with E-state index >= 15 is 0 Å². The number of halogens is 2. The number of fused-ring (bicyclic) bond motifs is 1. The summed E-state index contributed by atoms with van der Waals surface area (Å²) in [5.41, 5.74) is -0.0434. The Morgan fingerprint density at radius 3 is 2.86 bits per heavy atom. The highest BCUT2D eigenvalue weighted by Gasteiger charge is 2.26. The van der Waals surface area contributed by atoms with Crippen molar-refractivity contribution in [3.05, 3.63) is 23.8 Å². The molecule has 1 unspecified atom stereocenters. The summed E-state index contributed by atoms with van der Waals surface area (Å²) in [7, 11) is 0. The van der Waals surface area contributed by atoms with Gasteiger partial charge in [0.05, 0.1) is 10.9 Å². The van der Waals surface area contributed by atoms with Crippen LogP contribution in [-0.2, 0) is 4.79 Å². The number of rotatable bonds is 0. The molecule has 1 aliphatic heterocycles. The quantitative estimate of drug-likeness (QED) is 0.720. The van der Waals surface area contributed by atoms with E-state index in [9.17, 15) is 13.6 Å². The zero-order chi connectivity index (χ0) is 10.3. The van der Waals surface area contributed by atoms with Gasteiger partial charge in [0.2, 0.25) is 5.91 Å². The molecular formula is C9H7F2NOS. The third kappa shape index (κ3) is 1.37. The summed E-state index contributed by atoms with van der Waals surface area (Å²) >= 11 is 1.22. The zero-order valence-electron chi connectivity index (χ0n) is 7.30. The fourth-order valence-corrected chi connectivity index (χ4v) is 2.17. The fraction of sp³-hybridized carbons (Fsp3) is 0.222. The van der Waals surface area contributed by atoms with Gasteiger partial charge in [-0.2, -0.15) is 0 Å². The second kappa shape index (κ2) is 3.24. The van der Waals surface area contributed by atoms with Gasteiger partial charge in [-0.3, -0.25) is 4.79 Å². The van der Waals surface area contributed by atoms with E-state index in [1.807, 2.05) is 0 Å². The summed E-state index contributed by atoms with van der Waals surface area (Å²) in [6.45, 7) is 1.71. The molecule has 0 spiro atoms. The molecule has 74 valence electrons. The first-order chi connectivity index (χ1) is 6.59. The standard InChI is InChI=1S/C9H7F2NOS/c1-4-9(13)12-8-6(14-4)3-2-5(10)7(8)11/h2-4H,1H3,(H,12,13). The predicted octanol–water partition coefficient (Wildman–Crippen LogP) is 2.40. The highest BCUT2D eigenvalue weighted by molar-refractivity contribution is 8.00. The lowest BCUT2D eigenvalue weighted by atomic mass is 10.2. The molecule has 14 heavy (non-hydrogen) atoms. The third-order valence-corrected chi connectivity index (χ3v) is 3.14. The number of amides is 1. The van der Waals surface area contributed by atoms with Crippen LogP contribution >= 0.6 is 11.8 Å². The molecule has 1 N–H and O–H groups in total. The van der Waals surface area contributed by atoms with E-state index in [1.54, 1.807) is 6.92 Å². The molecular weight excluding hydrogens is 208 g/mol. The maximum atomic E-state index is 13.2. The summed E-state index contributed by atoms with van der Waals surface area (Å²) in [5.74, 6) is -2.23. The van der Waals surface area contributed by atoms with Crippen LogP contribution in [0.3, 0.4) is 0 Å². The highest BCUT2D eigenvalue weighted by Crippen LogP contribution is 2.37. The molecule has 0 saturated heterocycles. The zero-order valence-corrected chi connectivity index (χ0v) is 8.12. The molecule has 2 nitrogen and oxygen atoms in total. The minimum atomic E-state index is -0.991. The van der Waals surface area contributed by atoms with E-state index in [1.165, 1.54) is 17.8 Å². The normalized spacial score (nSPS) is 20.2. The second-order valence-electron chi connectivity index (χ2n) is 2.98. The van der Waals surface area contributed by atoms with Crippen LogP contribution in [-0.4, -0.2) is 11.2 Å². The summed E-state index contributed by atoms with van der Waals surface area (Å²) in [6.07, 6.45) is 0. The Morgan fingerprint density at radius 1 is 1.43 bits per heavy atom. The van der Waals surface area contributed by atoms with E-state index in [0.717, 1.165) is 6.07 Å². The van der Waals surface area contributed by atoms with Crippen molar-refractivity contribution >= 4 is 23.4 Å². The Kier molecular flexibility index (Phi) is 2.19. The number of carbonyl (C=O) groups is 1. The molecule has 1 aliphatic rings. The van der Waals surface area contributed by atoms with Crippen LogP contribution in [0.4, 0.5) is 14.5 Å². The summed E-state index contributed by atoms with van der Waals surface area (Å²) in [5, 5.41) is 2.07. The molecule has 0 radical (unpaired) electrons. The number of hydrogen-bond donors (Lipinski definition) is 1. The second-order valence-corrected chi connectivity index (χ2v) is 4.37. The smallest absolute Gasteiger partial charge is 0.237 e. The summed E-state index contributed by atoms with van der Waals surface area (Å²) < 4.78 is 26.0. The monoisotopic (exact) mass is 215 g/mol. The first kappa shape index (κ1) is 9.45.